The van der Waals surface area contributed by atoms with Gasteiger partial charge in [0.15, 0.2) is 0 Å². The van der Waals surface area contributed by atoms with Crippen molar-refractivity contribution in [3.8, 4) is 0 Å². The summed E-state index contributed by atoms with van der Waals surface area (Å²) in [5.41, 5.74) is 0. The highest BCUT2D eigenvalue weighted by molar-refractivity contribution is 4.93. The topological polar surface area (TPSA) is 60.0 Å². The van der Waals surface area contributed by atoms with Crippen molar-refractivity contribution < 1.29 is 4.42 Å². The van der Waals surface area contributed by atoms with Crippen LogP contribution in [-0.2, 0) is 6.54 Å². The molecule has 0 unspecified atom stereocenters. The Morgan fingerprint density at radius 2 is 2.37 bits per heavy atom. The van der Waals surface area contributed by atoms with Crippen LogP contribution in [-0.4, -0.2) is 37.5 Å². The van der Waals surface area contributed by atoms with Gasteiger partial charge in [-0.2, -0.15) is 5.10 Å². The molecule has 6 heteroatoms. The Morgan fingerprint density at radius 1 is 1.47 bits per heavy atom. The van der Waals surface area contributed by atoms with Gasteiger partial charge in [-0.05, 0) is 32.4 Å². The van der Waals surface area contributed by atoms with Gasteiger partial charge < -0.3 is 4.42 Å². The van der Waals surface area contributed by atoms with Crippen molar-refractivity contribution in [1.29, 1.82) is 0 Å². The van der Waals surface area contributed by atoms with Gasteiger partial charge in [-0.3, -0.25) is 9.58 Å². The SMILES string of the molecule is Cc1nnc([C@H](C)N2CCC[C@H]2Cn2cccn2)o1. The van der Waals surface area contributed by atoms with Gasteiger partial charge in [0, 0.05) is 25.4 Å². The third-order valence-corrected chi connectivity index (χ3v) is 3.78. The molecule has 0 spiro atoms. The summed E-state index contributed by atoms with van der Waals surface area (Å²) in [6.07, 6.45) is 6.24. The van der Waals surface area contributed by atoms with Gasteiger partial charge >= 0.3 is 0 Å². The molecular weight excluding hydrogens is 242 g/mol. The van der Waals surface area contributed by atoms with Gasteiger partial charge in [-0.25, -0.2) is 0 Å². The first kappa shape index (κ1) is 12.3. The second-order valence-corrected chi connectivity index (χ2v) is 5.10. The molecule has 6 nitrogen and oxygen atoms in total. The molecule has 2 aromatic rings. The van der Waals surface area contributed by atoms with E-state index in [9.17, 15) is 0 Å². The summed E-state index contributed by atoms with van der Waals surface area (Å²) in [7, 11) is 0. The maximum atomic E-state index is 5.55. The number of aryl methyl sites for hydroxylation is 1. The molecule has 0 radical (unpaired) electrons. The fraction of sp³-hybridized carbons (Fsp3) is 0.615. The highest BCUT2D eigenvalue weighted by Gasteiger charge is 2.31. The molecule has 1 aliphatic heterocycles. The molecule has 3 rings (SSSR count). The molecular formula is C13H19N5O. The average molecular weight is 261 g/mol. The number of likely N-dealkylation sites (tertiary alicyclic amines) is 1. The maximum absolute atomic E-state index is 5.55. The smallest absolute Gasteiger partial charge is 0.233 e. The van der Waals surface area contributed by atoms with Crippen LogP contribution in [0.25, 0.3) is 0 Å². The van der Waals surface area contributed by atoms with Crippen molar-refractivity contribution in [2.45, 2.75) is 45.3 Å². The summed E-state index contributed by atoms with van der Waals surface area (Å²) < 4.78 is 7.55. The van der Waals surface area contributed by atoms with E-state index in [0.717, 1.165) is 13.1 Å². The summed E-state index contributed by atoms with van der Waals surface area (Å²) in [5.74, 6) is 1.34. The molecule has 19 heavy (non-hydrogen) atoms. The molecule has 0 amide bonds. The summed E-state index contributed by atoms with van der Waals surface area (Å²) in [5, 5.41) is 12.3. The monoisotopic (exact) mass is 261 g/mol. The van der Waals surface area contributed by atoms with E-state index in [0.29, 0.717) is 17.8 Å². The number of hydrogen-bond donors (Lipinski definition) is 0. The first-order chi connectivity index (χ1) is 9.24. The summed E-state index contributed by atoms with van der Waals surface area (Å²) in [6.45, 7) is 5.96. The van der Waals surface area contributed by atoms with Gasteiger partial charge in [-0.15, -0.1) is 10.2 Å². The van der Waals surface area contributed by atoms with Crippen molar-refractivity contribution in [3.63, 3.8) is 0 Å². The van der Waals surface area contributed by atoms with E-state index in [2.05, 4.69) is 27.1 Å². The van der Waals surface area contributed by atoms with Crippen LogP contribution in [0.4, 0.5) is 0 Å². The van der Waals surface area contributed by atoms with Crippen molar-refractivity contribution in [2.24, 2.45) is 0 Å². The maximum Gasteiger partial charge on any atom is 0.233 e. The molecule has 102 valence electrons. The molecule has 2 atom stereocenters. The zero-order valence-electron chi connectivity index (χ0n) is 11.4. The van der Waals surface area contributed by atoms with Crippen molar-refractivity contribution in [1.82, 2.24) is 24.9 Å². The lowest BCUT2D eigenvalue weighted by atomic mass is 10.2. The minimum atomic E-state index is 0.171. The first-order valence-electron chi connectivity index (χ1n) is 6.77. The molecule has 0 aliphatic carbocycles. The van der Waals surface area contributed by atoms with Crippen LogP contribution in [0, 0.1) is 6.92 Å². The molecule has 0 saturated carbocycles. The largest absolute Gasteiger partial charge is 0.424 e. The Bertz CT molecular complexity index is 521. The minimum Gasteiger partial charge on any atom is -0.424 e. The van der Waals surface area contributed by atoms with Crippen LogP contribution < -0.4 is 0 Å². The summed E-state index contributed by atoms with van der Waals surface area (Å²) >= 11 is 0. The number of nitrogens with zero attached hydrogens (tertiary/aromatic N) is 5. The minimum absolute atomic E-state index is 0.171. The van der Waals surface area contributed by atoms with E-state index in [-0.39, 0.29) is 6.04 Å². The fourth-order valence-corrected chi connectivity index (χ4v) is 2.81. The molecule has 1 saturated heterocycles. The lowest BCUT2D eigenvalue weighted by molar-refractivity contribution is 0.150. The van der Waals surface area contributed by atoms with E-state index in [1.54, 1.807) is 0 Å². The van der Waals surface area contributed by atoms with Gasteiger partial charge in [0.25, 0.3) is 0 Å². The number of rotatable bonds is 4. The highest BCUT2D eigenvalue weighted by atomic mass is 16.4. The molecule has 2 aromatic heterocycles. The lowest BCUT2D eigenvalue weighted by Gasteiger charge is -2.28. The first-order valence-corrected chi connectivity index (χ1v) is 6.77. The van der Waals surface area contributed by atoms with Gasteiger partial charge in [-0.1, -0.05) is 0 Å². The van der Waals surface area contributed by atoms with Gasteiger partial charge in [0.05, 0.1) is 12.6 Å². The second-order valence-electron chi connectivity index (χ2n) is 5.10. The standard InChI is InChI=1S/C13H19N5O/c1-10(13-16-15-11(2)19-13)18-8-3-5-12(18)9-17-7-4-6-14-17/h4,6-7,10,12H,3,5,8-9H2,1-2H3/t10-,12-/m0/s1. The molecule has 1 fully saturated rings. The Kier molecular flexibility index (Phi) is 3.33. The predicted molar refractivity (Wildman–Crippen MR) is 69.4 cm³/mol. The zero-order chi connectivity index (χ0) is 13.2. The number of hydrogen-bond acceptors (Lipinski definition) is 5. The van der Waals surface area contributed by atoms with Crippen LogP contribution in [0.5, 0.6) is 0 Å². The van der Waals surface area contributed by atoms with E-state index in [4.69, 9.17) is 4.42 Å². The second kappa shape index (κ2) is 5.13. The number of aromatic nitrogens is 4. The molecule has 0 bridgehead atoms. The third-order valence-electron chi connectivity index (χ3n) is 3.78. The van der Waals surface area contributed by atoms with Gasteiger partial charge in [0.1, 0.15) is 0 Å². The fourth-order valence-electron chi connectivity index (χ4n) is 2.81. The zero-order valence-corrected chi connectivity index (χ0v) is 11.4. The Labute approximate surface area is 112 Å². The van der Waals surface area contributed by atoms with Crippen LogP contribution in [0.15, 0.2) is 22.9 Å². The quantitative estimate of drug-likeness (QED) is 0.840. The molecule has 1 aliphatic rings. The van der Waals surface area contributed by atoms with Crippen LogP contribution in [0.1, 0.15) is 37.6 Å². The molecule has 0 N–H and O–H groups in total. The van der Waals surface area contributed by atoms with E-state index in [1.807, 2.05) is 30.1 Å². The van der Waals surface area contributed by atoms with Crippen molar-refractivity contribution >= 4 is 0 Å². The van der Waals surface area contributed by atoms with Crippen LogP contribution in [0.3, 0.4) is 0 Å². The third kappa shape index (κ3) is 2.53. The van der Waals surface area contributed by atoms with Gasteiger partial charge in [0.2, 0.25) is 11.8 Å². The van der Waals surface area contributed by atoms with E-state index < -0.39 is 0 Å². The summed E-state index contributed by atoms with van der Waals surface area (Å²) in [4.78, 5) is 2.44. The molecule has 3 heterocycles. The summed E-state index contributed by atoms with van der Waals surface area (Å²) in [6, 6.07) is 2.62. The average Bonchev–Trinajstić information content (AvgIpc) is 3.10. The molecule has 0 aromatic carbocycles. The lowest BCUT2D eigenvalue weighted by Crippen LogP contribution is -2.35. The Morgan fingerprint density at radius 3 is 3.05 bits per heavy atom. The normalized spacial score (nSPS) is 21.9. The van der Waals surface area contributed by atoms with Crippen molar-refractivity contribution in [3.05, 3.63) is 30.2 Å². The predicted octanol–water partition coefficient (Wildman–Crippen LogP) is 1.80. The van der Waals surface area contributed by atoms with Crippen LogP contribution in [0.2, 0.25) is 0 Å². The van der Waals surface area contributed by atoms with Crippen molar-refractivity contribution in [2.75, 3.05) is 6.54 Å². The van der Waals surface area contributed by atoms with E-state index in [1.165, 1.54) is 12.8 Å². The van der Waals surface area contributed by atoms with Crippen LogP contribution >= 0.6 is 0 Å². The Hall–Kier alpha value is -1.69. The highest BCUT2D eigenvalue weighted by Crippen LogP contribution is 2.29. The van der Waals surface area contributed by atoms with E-state index >= 15 is 0 Å². The Balaban J connectivity index is 1.72.